The molecule has 1 heterocycles. The summed E-state index contributed by atoms with van der Waals surface area (Å²) in [5.74, 6) is 0.322. The molecule has 1 aliphatic carbocycles. The summed E-state index contributed by atoms with van der Waals surface area (Å²) in [6.07, 6.45) is 4.31. The Hall–Kier alpha value is -0.860. The van der Waals surface area contributed by atoms with Gasteiger partial charge in [0.15, 0.2) is 0 Å². The summed E-state index contributed by atoms with van der Waals surface area (Å²) >= 11 is 0. The van der Waals surface area contributed by atoms with Crippen molar-refractivity contribution in [1.29, 1.82) is 0 Å². The van der Waals surface area contributed by atoms with Crippen LogP contribution in [0.3, 0.4) is 0 Å². The lowest BCUT2D eigenvalue weighted by atomic mass is 9.83. The molecular formula is C18H27NO. The third kappa shape index (κ3) is 2.51. The number of hydrogen-bond acceptors (Lipinski definition) is 2. The van der Waals surface area contributed by atoms with E-state index in [0.29, 0.717) is 12.0 Å². The van der Waals surface area contributed by atoms with Gasteiger partial charge in [0.25, 0.3) is 0 Å². The molecule has 110 valence electrons. The van der Waals surface area contributed by atoms with Gasteiger partial charge in [-0.15, -0.1) is 0 Å². The summed E-state index contributed by atoms with van der Waals surface area (Å²) in [4.78, 5) is 0. The van der Waals surface area contributed by atoms with Crippen LogP contribution in [-0.4, -0.2) is 23.8 Å². The lowest BCUT2D eigenvalue weighted by molar-refractivity contribution is 0.107. The van der Waals surface area contributed by atoms with Crippen LogP contribution in [0.5, 0.6) is 0 Å². The van der Waals surface area contributed by atoms with Crippen LogP contribution in [0.15, 0.2) is 18.2 Å². The van der Waals surface area contributed by atoms with E-state index in [-0.39, 0.29) is 11.5 Å². The summed E-state index contributed by atoms with van der Waals surface area (Å²) in [6, 6.07) is 7.20. The summed E-state index contributed by atoms with van der Waals surface area (Å²) < 4.78 is 0. The third-order valence-corrected chi connectivity index (χ3v) is 5.06. The van der Waals surface area contributed by atoms with E-state index in [1.807, 2.05) is 0 Å². The van der Waals surface area contributed by atoms with Gasteiger partial charge < -0.3 is 10.4 Å². The van der Waals surface area contributed by atoms with Gasteiger partial charge in [0.1, 0.15) is 0 Å². The smallest absolute Gasteiger partial charge is 0.0761 e. The monoisotopic (exact) mass is 273 g/mol. The third-order valence-electron chi connectivity index (χ3n) is 5.06. The van der Waals surface area contributed by atoms with E-state index in [0.717, 1.165) is 25.8 Å². The second kappa shape index (κ2) is 5.16. The molecule has 0 spiro atoms. The molecule has 1 aromatic carbocycles. The summed E-state index contributed by atoms with van der Waals surface area (Å²) in [6.45, 7) is 7.83. The lowest BCUT2D eigenvalue weighted by Gasteiger charge is -2.27. The molecule has 2 aliphatic rings. The van der Waals surface area contributed by atoms with Crippen molar-refractivity contribution in [3.63, 3.8) is 0 Å². The standard InChI is InChI=1S/C18H27NO/c1-18(2,3)13-8-6-12-7-9-14(15(12)11-13)17(20)16-5-4-10-19-16/h6,8,11,14,16-17,19-20H,4-5,7,9-10H2,1-3H3/t14-,16-,17?/m0/s1. The molecule has 3 rings (SSSR count). The van der Waals surface area contributed by atoms with Crippen LogP contribution < -0.4 is 5.32 Å². The highest BCUT2D eigenvalue weighted by molar-refractivity contribution is 5.41. The molecule has 0 saturated carbocycles. The maximum Gasteiger partial charge on any atom is 0.0761 e. The van der Waals surface area contributed by atoms with Gasteiger partial charge in [-0.1, -0.05) is 39.0 Å². The predicted molar refractivity (Wildman–Crippen MR) is 83.2 cm³/mol. The van der Waals surface area contributed by atoms with E-state index in [4.69, 9.17) is 0 Å². The number of aliphatic hydroxyl groups is 1. The Morgan fingerprint density at radius 2 is 2.05 bits per heavy atom. The molecule has 1 aromatic rings. The Morgan fingerprint density at radius 3 is 2.70 bits per heavy atom. The number of benzene rings is 1. The minimum Gasteiger partial charge on any atom is -0.391 e. The van der Waals surface area contributed by atoms with Crippen molar-refractivity contribution < 1.29 is 5.11 Å². The van der Waals surface area contributed by atoms with Gasteiger partial charge in [-0.2, -0.15) is 0 Å². The number of rotatable bonds is 2. The fourth-order valence-electron chi connectivity index (χ4n) is 3.74. The van der Waals surface area contributed by atoms with Crippen LogP contribution >= 0.6 is 0 Å². The Morgan fingerprint density at radius 1 is 1.25 bits per heavy atom. The number of fused-ring (bicyclic) bond motifs is 1. The van der Waals surface area contributed by atoms with E-state index in [2.05, 4.69) is 44.3 Å². The average molecular weight is 273 g/mol. The predicted octanol–water partition coefficient (Wildman–Crippen LogP) is 3.13. The van der Waals surface area contributed by atoms with E-state index < -0.39 is 0 Å². The highest BCUT2D eigenvalue weighted by Gasteiger charge is 2.35. The lowest BCUT2D eigenvalue weighted by Crippen LogP contribution is -2.38. The van der Waals surface area contributed by atoms with E-state index in [9.17, 15) is 5.11 Å². The van der Waals surface area contributed by atoms with Crippen LogP contribution in [0.4, 0.5) is 0 Å². The van der Waals surface area contributed by atoms with Crippen LogP contribution in [0.25, 0.3) is 0 Å². The molecule has 0 bridgehead atoms. The maximum absolute atomic E-state index is 10.7. The first-order valence-electron chi connectivity index (χ1n) is 8.01. The number of nitrogens with one attached hydrogen (secondary N) is 1. The molecule has 3 atom stereocenters. The zero-order valence-corrected chi connectivity index (χ0v) is 12.9. The largest absolute Gasteiger partial charge is 0.391 e. The fraction of sp³-hybridized carbons (Fsp3) is 0.667. The average Bonchev–Trinajstić information content (AvgIpc) is 3.06. The number of hydrogen-bond donors (Lipinski definition) is 2. The molecular weight excluding hydrogens is 246 g/mol. The highest BCUT2D eigenvalue weighted by atomic mass is 16.3. The topological polar surface area (TPSA) is 32.3 Å². The molecule has 2 heteroatoms. The molecule has 1 unspecified atom stereocenters. The van der Waals surface area contributed by atoms with Gasteiger partial charge in [-0.3, -0.25) is 0 Å². The molecule has 0 amide bonds. The second-order valence-corrected chi connectivity index (χ2v) is 7.50. The van der Waals surface area contributed by atoms with Gasteiger partial charge in [0, 0.05) is 12.0 Å². The van der Waals surface area contributed by atoms with Gasteiger partial charge >= 0.3 is 0 Å². The van der Waals surface area contributed by atoms with Gasteiger partial charge in [0.2, 0.25) is 0 Å². The van der Waals surface area contributed by atoms with E-state index in [1.54, 1.807) is 0 Å². The SMILES string of the molecule is CC(C)(C)c1ccc2c(c1)[C@@H](C(O)[C@@H]1CCCN1)CC2. The first-order valence-corrected chi connectivity index (χ1v) is 8.01. The van der Waals surface area contributed by atoms with E-state index >= 15 is 0 Å². The molecule has 20 heavy (non-hydrogen) atoms. The Labute approximate surface area is 122 Å². The summed E-state index contributed by atoms with van der Waals surface area (Å²) in [5, 5.41) is 14.2. The Kier molecular flexibility index (Phi) is 3.64. The van der Waals surface area contributed by atoms with Crippen LogP contribution in [0.1, 0.15) is 62.6 Å². The number of aryl methyl sites for hydroxylation is 1. The maximum atomic E-state index is 10.7. The van der Waals surface area contributed by atoms with Gasteiger partial charge in [-0.05, 0) is 54.3 Å². The quantitative estimate of drug-likeness (QED) is 0.867. The van der Waals surface area contributed by atoms with Crippen molar-refractivity contribution in [3.05, 3.63) is 34.9 Å². The van der Waals surface area contributed by atoms with Crippen LogP contribution in [-0.2, 0) is 11.8 Å². The second-order valence-electron chi connectivity index (χ2n) is 7.50. The van der Waals surface area contributed by atoms with Crippen LogP contribution in [0, 0.1) is 0 Å². The van der Waals surface area contributed by atoms with Crippen molar-refractivity contribution in [2.24, 2.45) is 0 Å². The molecule has 1 aliphatic heterocycles. The summed E-state index contributed by atoms with van der Waals surface area (Å²) in [5.41, 5.74) is 4.41. The van der Waals surface area contributed by atoms with Gasteiger partial charge in [-0.25, -0.2) is 0 Å². The van der Waals surface area contributed by atoms with Gasteiger partial charge in [0.05, 0.1) is 6.10 Å². The van der Waals surface area contributed by atoms with Crippen molar-refractivity contribution in [1.82, 2.24) is 5.32 Å². The normalized spacial score (nSPS) is 27.6. The minimum absolute atomic E-state index is 0.179. The van der Waals surface area contributed by atoms with Crippen LogP contribution in [0.2, 0.25) is 0 Å². The first-order chi connectivity index (χ1) is 9.47. The van der Waals surface area contributed by atoms with Crippen molar-refractivity contribution in [2.45, 2.75) is 69.9 Å². The van der Waals surface area contributed by atoms with Crippen molar-refractivity contribution in [2.75, 3.05) is 6.54 Å². The summed E-state index contributed by atoms with van der Waals surface area (Å²) in [7, 11) is 0. The van der Waals surface area contributed by atoms with Crippen molar-refractivity contribution >= 4 is 0 Å². The highest BCUT2D eigenvalue weighted by Crippen LogP contribution is 2.39. The molecule has 2 nitrogen and oxygen atoms in total. The number of aliphatic hydroxyl groups excluding tert-OH is 1. The molecule has 2 N–H and O–H groups in total. The molecule has 1 fully saturated rings. The zero-order valence-electron chi connectivity index (χ0n) is 12.9. The fourth-order valence-corrected chi connectivity index (χ4v) is 3.74. The molecule has 0 radical (unpaired) electrons. The minimum atomic E-state index is -0.228. The zero-order chi connectivity index (χ0) is 14.3. The Balaban J connectivity index is 1.88. The molecule has 1 saturated heterocycles. The Bertz CT molecular complexity index is 483. The molecule has 0 aromatic heterocycles. The van der Waals surface area contributed by atoms with E-state index in [1.165, 1.54) is 23.1 Å². The first kappa shape index (κ1) is 14.1. The van der Waals surface area contributed by atoms with Crippen molar-refractivity contribution in [3.8, 4) is 0 Å².